The van der Waals surface area contributed by atoms with E-state index in [9.17, 15) is 19.1 Å². The Morgan fingerprint density at radius 3 is 2.62 bits per heavy atom. The molecule has 0 radical (unpaired) electrons. The van der Waals surface area contributed by atoms with Crippen molar-refractivity contribution in [3.8, 4) is 5.75 Å². The van der Waals surface area contributed by atoms with E-state index in [0.29, 0.717) is 5.56 Å². The van der Waals surface area contributed by atoms with E-state index in [1.807, 2.05) is 0 Å². The number of benzene rings is 1. The molecule has 0 aromatic heterocycles. The molecule has 0 spiro atoms. The largest absolute Gasteiger partial charge is 0.494 e. The number of ether oxygens (including phenoxy) is 1. The van der Waals surface area contributed by atoms with Crippen LogP contribution in [0.3, 0.4) is 0 Å². The topological polar surface area (TPSA) is 78.9 Å². The lowest BCUT2D eigenvalue weighted by Gasteiger charge is -2.24. The molecule has 0 bridgehead atoms. The second kappa shape index (κ2) is 7.58. The number of halogens is 1. The van der Waals surface area contributed by atoms with E-state index in [4.69, 9.17) is 4.74 Å². The van der Waals surface area contributed by atoms with E-state index in [2.05, 4.69) is 5.32 Å². The number of hydrogen-bond donors (Lipinski definition) is 2. The Bertz CT molecular complexity index is 522. The first-order valence-corrected chi connectivity index (χ1v) is 6.37. The molecule has 7 heteroatoms. The Balaban J connectivity index is 2.93. The number of aliphatic carboxylic acids is 1. The normalized spacial score (nSPS) is 12.0. The molecule has 21 heavy (non-hydrogen) atoms. The van der Waals surface area contributed by atoms with Gasteiger partial charge in [0.2, 0.25) is 5.91 Å². The van der Waals surface area contributed by atoms with Crippen LogP contribution in [0.15, 0.2) is 18.2 Å². The number of methoxy groups -OCH3 is 1. The van der Waals surface area contributed by atoms with Crippen LogP contribution >= 0.6 is 0 Å². The minimum Gasteiger partial charge on any atom is -0.494 e. The second-order valence-corrected chi connectivity index (χ2v) is 4.54. The van der Waals surface area contributed by atoms with Crippen LogP contribution in [-0.2, 0) is 9.59 Å². The van der Waals surface area contributed by atoms with Gasteiger partial charge in [-0.3, -0.25) is 14.5 Å². The number of likely N-dealkylation sites (N-methyl/N-ethyl adjacent to an activating group) is 1. The maximum absolute atomic E-state index is 13.7. The number of hydrogen-bond acceptors (Lipinski definition) is 4. The van der Waals surface area contributed by atoms with E-state index in [-0.39, 0.29) is 24.6 Å². The van der Waals surface area contributed by atoms with Crippen molar-refractivity contribution in [3.05, 3.63) is 29.6 Å². The van der Waals surface area contributed by atoms with Crippen molar-refractivity contribution in [1.29, 1.82) is 0 Å². The molecule has 1 aromatic rings. The van der Waals surface area contributed by atoms with Gasteiger partial charge >= 0.3 is 5.97 Å². The quantitative estimate of drug-likeness (QED) is 0.786. The minimum absolute atomic E-state index is 0.0518. The number of carboxylic acids is 1. The molecule has 0 aliphatic rings. The summed E-state index contributed by atoms with van der Waals surface area (Å²) in [7, 11) is 4.42. The third-order valence-electron chi connectivity index (χ3n) is 3.14. The number of amides is 1. The van der Waals surface area contributed by atoms with Crippen molar-refractivity contribution in [2.24, 2.45) is 0 Å². The lowest BCUT2D eigenvalue weighted by molar-refractivity contribution is -0.143. The molecule has 0 aliphatic carbocycles. The molecule has 0 saturated heterocycles. The van der Waals surface area contributed by atoms with Crippen LogP contribution in [-0.4, -0.2) is 49.6 Å². The first kappa shape index (κ1) is 16.9. The van der Waals surface area contributed by atoms with Crippen molar-refractivity contribution in [2.45, 2.75) is 12.5 Å². The molecule has 1 atom stereocenters. The van der Waals surface area contributed by atoms with Crippen molar-refractivity contribution >= 4 is 11.9 Å². The van der Waals surface area contributed by atoms with Crippen LogP contribution in [0, 0.1) is 5.82 Å². The maximum Gasteiger partial charge on any atom is 0.325 e. The molecule has 6 nitrogen and oxygen atoms in total. The fourth-order valence-corrected chi connectivity index (χ4v) is 1.97. The molecule has 1 amide bonds. The smallest absolute Gasteiger partial charge is 0.325 e. The summed E-state index contributed by atoms with van der Waals surface area (Å²) in [6.07, 6.45) is 0.162. The fraction of sp³-hybridized carbons (Fsp3) is 0.429. The molecule has 116 valence electrons. The summed E-state index contributed by atoms with van der Waals surface area (Å²) >= 11 is 0. The zero-order chi connectivity index (χ0) is 16.0. The lowest BCUT2D eigenvalue weighted by Crippen LogP contribution is -2.34. The van der Waals surface area contributed by atoms with E-state index in [1.54, 1.807) is 7.05 Å². The Morgan fingerprint density at radius 2 is 2.14 bits per heavy atom. The van der Waals surface area contributed by atoms with Crippen molar-refractivity contribution in [3.63, 3.8) is 0 Å². The van der Waals surface area contributed by atoms with E-state index < -0.39 is 17.8 Å². The fourth-order valence-electron chi connectivity index (χ4n) is 1.97. The summed E-state index contributed by atoms with van der Waals surface area (Å²) in [6.45, 7) is 0.240. The van der Waals surface area contributed by atoms with Gasteiger partial charge in [0, 0.05) is 20.0 Å². The lowest BCUT2D eigenvalue weighted by atomic mass is 10.0. The first-order valence-electron chi connectivity index (χ1n) is 6.37. The molecule has 1 aromatic carbocycles. The molecule has 0 aliphatic heterocycles. The van der Waals surface area contributed by atoms with Gasteiger partial charge in [-0.05, 0) is 24.7 Å². The summed E-state index contributed by atoms with van der Waals surface area (Å²) in [4.78, 5) is 24.1. The molecule has 1 unspecified atom stereocenters. The number of nitrogens with one attached hydrogen (secondary N) is 1. The highest BCUT2D eigenvalue weighted by Crippen LogP contribution is 2.25. The first-order chi connectivity index (χ1) is 9.90. The van der Waals surface area contributed by atoms with Gasteiger partial charge in [0.25, 0.3) is 0 Å². The molecular weight excluding hydrogens is 279 g/mol. The SMILES string of the molecule is CNC(=O)CCN(C)C(C(=O)O)c1ccc(OC)c(F)c1. The number of nitrogens with zero attached hydrogens (tertiary/aromatic N) is 1. The predicted molar refractivity (Wildman–Crippen MR) is 74.6 cm³/mol. The van der Waals surface area contributed by atoms with Crippen LogP contribution in [0.25, 0.3) is 0 Å². The molecular formula is C14H19FN2O4. The van der Waals surface area contributed by atoms with Gasteiger partial charge in [-0.15, -0.1) is 0 Å². The van der Waals surface area contributed by atoms with Gasteiger partial charge in [0.1, 0.15) is 6.04 Å². The summed E-state index contributed by atoms with van der Waals surface area (Å²) < 4.78 is 18.5. The number of carbonyl (C=O) groups excluding carboxylic acids is 1. The minimum atomic E-state index is -1.11. The third-order valence-corrected chi connectivity index (χ3v) is 3.14. The summed E-state index contributed by atoms with van der Waals surface area (Å²) in [6, 6.07) is 2.98. The molecule has 0 heterocycles. The standard InChI is InChI=1S/C14H19FN2O4/c1-16-12(18)6-7-17(2)13(14(19)20)9-4-5-11(21-3)10(15)8-9/h4-5,8,13H,6-7H2,1-3H3,(H,16,18)(H,19,20). The third kappa shape index (κ3) is 4.42. The van der Waals surface area contributed by atoms with Crippen molar-refractivity contribution < 1.29 is 23.8 Å². The molecule has 1 rings (SSSR count). The zero-order valence-corrected chi connectivity index (χ0v) is 12.2. The van der Waals surface area contributed by atoms with E-state index in [1.165, 1.54) is 31.2 Å². The average Bonchev–Trinajstić information content (AvgIpc) is 2.44. The number of carbonyl (C=O) groups is 2. The van der Waals surface area contributed by atoms with Crippen LogP contribution in [0.2, 0.25) is 0 Å². The Hall–Kier alpha value is -2.15. The zero-order valence-electron chi connectivity index (χ0n) is 12.2. The summed E-state index contributed by atoms with van der Waals surface area (Å²) in [5, 5.41) is 11.8. The number of carboxylic acid groups (broad SMARTS) is 1. The van der Waals surface area contributed by atoms with Crippen molar-refractivity contribution in [2.75, 3.05) is 27.7 Å². The monoisotopic (exact) mass is 298 g/mol. The van der Waals surface area contributed by atoms with E-state index >= 15 is 0 Å². The maximum atomic E-state index is 13.7. The van der Waals surface area contributed by atoms with Crippen molar-refractivity contribution in [1.82, 2.24) is 10.2 Å². The molecule has 0 fully saturated rings. The molecule has 2 N–H and O–H groups in total. The van der Waals surface area contributed by atoms with Gasteiger partial charge in [-0.25, -0.2) is 4.39 Å². The Kier molecular flexibility index (Phi) is 6.10. The van der Waals surface area contributed by atoms with Crippen LogP contribution < -0.4 is 10.1 Å². The summed E-state index contributed by atoms with van der Waals surface area (Å²) in [5.41, 5.74) is 0.292. The Labute approximate surface area is 122 Å². The van der Waals surface area contributed by atoms with Crippen LogP contribution in [0.1, 0.15) is 18.0 Å². The van der Waals surface area contributed by atoms with Gasteiger partial charge < -0.3 is 15.2 Å². The molecule has 0 saturated carbocycles. The average molecular weight is 298 g/mol. The predicted octanol–water partition coefficient (Wildman–Crippen LogP) is 1.03. The van der Waals surface area contributed by atoms with Crippen LogP contribution in [0.4, 0.5) is 4.39 Å². The van der Waals surface area contributed by atoms with Gasteiger partial charge in [-0.1, -0.05) is 6.07 Å². The van der Waals surface area contributed by atoms with Crippen LogP contribution in [0.5, 0.6) is 5.75 Å². The van der Waals surface area contributed by atoms with Gasteiger partial charge in [0.05, 0.1) is 7.11 Å². The number of rotatable bonds is 7. The second-order valence-electron chi connectivity index (χ2n) is 4.54. The highest BCUT2D eigenvalue weighted by Gasteiger charge is 2.25. The Morgan fingerprint density at radius 1 is 1.48 bits per heavy atom. The van der Waals surface area contributed by atoms with Gasteiger partial charge in [-0.2, -0.15) is 0 Å². The highest BCUT2D eigenvalue weighted by atomic mass is 19.1. The summed E-state index contributed by atoms with van der Waals surface area (Å²) in [5.74, 6) is -1.87. The van der Waals surface area contributed by atoms with E-state index in [0.717, 1.165) is 6.07 Å². The highest BCUT2D eigenvalue weighted by molar-refractivity contribution is 5.77. The van der Waals surface area contributed by atoms with Gasteiger partial charge in [0.15, 0.2) is 11.6 Å².